The van der Waals surface area contributed by atoms with Gasteiger partial charge in [-0.2, -0.15) is 0 Å². The van der Waals surface area contributed by atoms with Crippen LogP contribution in [0.25, 0.3) is 0 Å². The molecule has 0 aromatic heterocycles. The maximum absolute atomic E-state index is 11.4. The summed E-state index contributed by atoms with van der Waals surface area (Å²) in [6, 6.07) is 0. The zero-order valence-electron chi connectivity index (χ0n) is 8.59. The number of carbonyl (C=O) groups is 1. The summed E-state index contributed by atoms with van der Waals surface area (Å²) in [7, 11) is 3.46. The Morgan fingerprint density at radius 1 is 1.62 bits per heavy atom. The third-order valence-corrected chi connectivity index (χ3v) is 2.51. The van der Waals surface area contributed by atoms with E-state index in [-0.39, 0.29) is 5.97 Å². The minimum Gasteiger partial charge on any atom is -0.466 e. The van der Waals surface area contributed by atoms with E-state index in [1.54, 1.807) is 0 Å². The summed E-state index contributed by atoms with van der Waals surface area (Å²) in [6.07, 6.45) is 1.95. The van der Waals surface area contributed by atoms with Gasteiger partial charge in [0.2, 0.25) is 0 Å². The summed E-state index contributed by atoms with van der Waals surface area (Å²) in [4.78, 5) is 13.5. The number of nitrogens with zero attached hydrogens (tertiary/aromatic N) is 1. The fourth-order valence-corrected chi connectivity index (χ4v) is 1.66. The highest BCUT2D eigenvalue weighted by Crippen LogP contribution is 2.20. The van der Waals surface area contributed by atoms with Crippen molar-refractivity contribution in [1.82, 2.24) is 4.90 Å². The first-order chi connectivity index (χ1) is 6.19. The van der Waals surface area contributed by atoms with E-state index in [4.69, 9.17) is 4.74 Å². The number of likely N-dealkylation sites (N-methyl/N-ethyl adjacent to an activating group) is 1. The molecule has 13 heavy (non-hydrogen) atoms. The molecular weight excluding hydrogens is 166 g/mol. The van der Waals surface area contributed by atoms with Gasteiger partial charge in [-0.15, -0.1) is 0 Å². The Hall–Kier alpha value is -0.830. The molecule has 1 aliphatic rings. The molecule has 0 aromatic rings. The van der Waals surface area contributed by atoms with Crippen molar-refractivity contribution in [3.63, 3.8) is 0 Å². The van der Waals surface area contributed by atoms with Gasteiger partial charge < -0.3 is 9.64 Å². The van der Waals surface area contributed by atoms with E-state index >= 15 is 0 Å². The Morgan fingerprint density at radius 2 is 2.31 bits per heavy atom. The predicted octanol–water partition coefficient (Wildman–Crippen LogP) is 1.20. The second-order valence-electron chi connectivity index (χ2n) is 3.42. The van der Waals surface area contributed by atoms with Gasteiger partial charge >= 0.3 is 5.97 Å². The molecule has 3 heteroatoms. The van der Waals surface area contributed by atoms with Gasteiger partial charge in [-0.25, -0.2) is 4.79 Å². The van der Waals surface area contributed by atoms with Crippen LogP contribution in [0.2, 0.25) is 0 Å². The molecule has 0 N–H and O–H groups in total. The number of hydrogen-bond acceptors (Lipinski definition) is 3. The zero-order valence-corrected chi connectivity index (χ0v) is 8.59. The van der Waals surface area contributed by atoms with Crippen LogP contribution in [0.4, 0.5) is 0 Å². The van der Waals surface area contributed by atoms with Gasteiger partial charge in [0.1, 0.15) is 0 Å². The molecule has 0 saturated carbocycles. The highest BCUT2D eigenvalue weighted by atomic mass is 16.5. The Bertz CT molecular complexity index is 233. The lowest BCUT2D eigenvalue weighted by molar-refractivity contribution is -0.136. The average molecular weight is 183 g/mol. The van der Waals surface area contributed by atoms with Crippen LogP contribution in [-0.2, 0) is 9.53 Å². The number of methoxy groups -OCH3 is 1. The van der Waals surface area contributed by atoms with E-state index in [1.165, 1.54) is 12.7 Å². The molecule has 74 valence electrons. The van der Waals surface area contributed by atoms with E-state index in [2.05, 4.69) is 11.8 Å². The Balaban J connectivity index is 2.84. The van der Waals surface area contributed by atoms with Crippen LogP contribution in [0.1, 0.15) is 19.8 Å². The SMILES string of the molecule is CCC1=C(C(=O)OC)CN(C)CC1. The summed E-state index contributed by atoms with van der Waals surface area (Å²) >= 11 is 0. The molecule has 0 radical (unpaired) electrons. The van der Waals surface area contributed by atoms with Crippen LogP contribution in [0.3, 0.4) is 0 Å². The van der Waals surface area contributed by atoms with E-state index in [0.717, 1.165) is 31.5 Å². The summed E-state index contributed by atoms with van der Waals surface area (Å²) in [5, 5.41) is 0. The molecule has 0 spiro atoms. The maximum atomic E-state index is 11.4. The molecule has 0 saturated heterocycles. The number of rotatable bonds is 2. The average Bonchev–Trinajstić information content (AvgIpc) is 2.16. The lowest BCUT2D eigenvalue weighted by atomic mass is 9.98. The van der Waals surface area contributed by atoms with Gasteiger partial charge in [0.25, 0.3) is 0 Å². The smallest absolute Gasteiger partial charge is 0.335 e. The largest absolute Gasteiger partial charge is 0.466 e. The third-order valence-electron chi connectivity index (χ3n) is 2.51. The first kappa shape index (κ1) is 10.3. The van der Waals surface area contributed by atoms with Gasteiger partial charge in [-0.05, 0) is 19.9 Å². The zero-order chi connectivity index (χ0) is 9.84. The van der Waals surface area contributed by atoms with Crippen molar-refractivity contribution in [2.24, 2.45) is 0 Å². The Morgan fingerprint density at radius 3 is 2.85 bits per heavy atom. The number of ether oxygens (including phenoxy) is 1. The molecule has 0 atom stereocenters. The van der Waals surface area contributed by atoms with E-state index in [0.29, 0.717) is 0 Å². The quantitative estimate of drug-likeness (QED) is 0.602. The van der Waals surface area contributed by atoms with E-state index in [1.807, 2.05) is 7.05 Å². The highest BCUT2D eigenvalue weighted by molar-refractivity contribution is 5.90. The minimum atomic E-state index is -0.164. The Kier molecular flexibility index (Phi) is 3.48. The van der Waals surface area contributed by atoms with Crippen molar-refractivity contribution in [3.8, 4) is 0 Å². The summed E-state index contributed by atoms with van der Waals surface area (Å²) < 4.78 is 4.75. The highest BCUT2D eigenvalue weighted by Gasteiger charge is 2.20. The van der Waals surface area contributed by atoms with Gasteiger partial charge in [0, 0.05) is 13.1 Å². The van der Waals surface area contributed by atoms with Crippen LogP contribution >= 0.6 is 0 Å². The lowest BCUT2D eigenvalue weighted by Gasteiger charge is -2.25. The number of esters is 1. The molecule has 0 amide bonds. The van der Waals surface area contributed by atoms with Gasteiger partial charge in [0.05, 0.1) is 12.7 Å². The van der Waals surface area contributed by atoms with E-state index < -0.39 is 0 Å². The second-order valence-corrected chi connectivity index (χ2v) is 3.42. The fraction of sp³-hybridized carbons (Fsp3) is 0.700. The van der Waals surface area contributed by atoms with Crippen molar-refractivity contribution in [3.05, 3.63) is 11.1 Å². The summed E-state index contributed by atoms with van der Waals surface area (Å²) in [5.41, 5.74) is 2.11. The molecular formula is C10H17NO2. The van der Waals surface area contributed by atoms with Crippen molar-refractivity contribution >= 4 is 5.97 Å². The third kappa shape index (κ3) is 2.31. The maximum Gasteiger partial charge on any atom is 0.335 e. The summed E-state index contributed by atoms with van der Waals surface area (Å²) in [6.45, 7) is 3.86. The first-order valence-corrected chi connectivity index (χ1v) is 4.66. The molecule has 0 aromatic carbocycles. The molecule has 3 nitrogen and oxygen atoms in total. The topological polar surface area (TPSA) is 29.5 Å². The van der Waals surface area contributed by atoms with Crippen LogP contribution < -0.4 is 0 Å². The van der Waals surface area contributed by atoms with Crippen molar-refractivity contribution < 1.29 is 9.53 Å². The van der Waals surface area contributed by atoms with Crippen molar-refractivity contribution in [2.45, 2.75) is 19.8 Å². The monoisotopic (exact) mass is 183 g/mol. The van der Waals surface area contributed by atoms with Gasteiger partial charge in [-0.3, -0.25) is 0 Å². The standard InChI is InChI=1S/C10H17NO2/c1-4-8-5-6-11(2)7-9(8)10(12)13-3/h4-7H2,1-3H3. The van der Waals surface area contributed by atoms with Crippen LogP contribution in [-0.4, -0.2) is 38.1 Å². The molecule has 1 aliphatic heterocycles. The summed E-state index contributed by atoms with van der Waals surface area (Å²) in [5.74, 6) is -0.164. The van der Waals surface area contributed by atoms with Gasteiger partial charge in [0.15, 0.2) is 0 Å². The number of carbonyl (C=O) groups excluding carboxylic acids is 1. The van der Waals surface area contributed by atoms with Crippen molar-refractivity contribution in [2.75, 3.05) is 27.2 Å². The van der Waals surface area contributed by atoms with Crippen molar-refractivity contribution in [1.29, 1.82) is 0 Å². The number of hydrogen-bond donors (Lipinski definition) is 0. The lowest BCUT2D eigenvalue weighted by Crippen LogP contribution is -2.31. The molecule has 0 bridgehead atoms. The van der Waals surface area contributed by atoms with Gasteiger partial charge in [-0.1, -0.05) is 12.5 Å². The fourth-order valence-electron chi connectivity index (χ4n) is 1.66. The molecule has 0 aliphatic carbocycles. The van der Waals surface area contributed by atoms with Crippen LogP contribution in [0, 0.1) is 0 Å². The molecule has 0 unspecified atom stereocenters. The normalized spacial score (nSPS) is 19.0. The van der Waals surface area contributed by atoms with E-state index in [9.17, 15) is 4.79 Å². The Labute approximate surface area is 79.4 Å². The van der Waals surface area contributed by atoms with Crippen LogP contribution in [0.15, 0.2) is 11.1 Å². The second kappa shape index (κ2) is 4.42. The van der Waals surface area contributed by atoms with Crippen LogP contribution in [0.5, 0.6) is 0 Å². The predicted molar refractivity (Wildman–Crippen MR) is 51.4 cm³/mol. The minimum absolute atomic E-state index is 0.164. The molecule has 1 rings (SSSR count). The molecule has 0 fully saturated rings. The first-order valence-electron chi connectivity index (χ1n) is 4.66. The molecule has 1 heterocycles.